The molecule has 2 aromatic rings. The Hall–Kier alpha value is -2.19. The number of nitrogens with zero attached hydrogens (tertiary/aromatic N) is 2. The van der Waals surface area contributed by atoms with E-state index in [-0.39, 0.29) is 29.4 Å². The molecular weight excluding hydrogens is 424 g/mol. The van der Waals surface area contributed by atoms with Gasteiger partial charge in [0.25, 0.3) is 11.1 Å². The van der Waals surface area contributed by atoms with Crippen LogP contribution in [0.15, 0.2) is 40.0 Å². The van der Waals surface area contributed by atoms with Crippen molar-refractivity contribution >= 4 is 23.5 Å². The van der Waals surface area contributed by atoms with Gasteiger partial charge >= 0.3 is 0 Å². The van der Waals surface area contributed by atoms with E-state index in [9.17, 15) is 9.59 Å². The fraction of sp³-hybridized carbons (Fsp3) is 0.583. The zero-order valence-corrected chi connectivity index (χ0v) is 19.8. The van der Waals surface area contributed by atoms with Crippen LogP contribution in [-0.2, 0) is 11.3 Å². The predicted octanol–water partition coefficient (Wildman–Crippen LogP) is 4.25. The molecule has 1 heterocycles. The summed E-state index contributed by atoms with van der Waals surface area (Å²) >= 11 is 1.41. The highest BCUT2D eigenvalue weighted by atomic mass is 32.2. The largest absolute Gasteiger partial charge is 0.408 e. The van der Waals surface area contributed by atoms with Crippen molar-refractivity contribution in [3.8, 4) is 0 Å². The summed E-state index contributed by atoms with van der Waals surface area (Å²) in [6.45, 7) is 5.64. The standard InChI is InChI=1S/C24H34N4O3S/c1-17(2)15-20(26-22(30)19-11-7-4-8-12-19)21(29)23-27-28-24(31-23)32-14-13-25-16-18-9-5-3-6-10-18/h3,5-6,9-10,17,19-20,25H,4,7-8,11-16H2,1-2H3,(H,26,30)/t20-/m0/s1. The Kier molecular flexibility index (Phi) is 9.74. The molecule has 1 amide bonds. The van der Waals surface area contributed by atoms with Crippen molar-refractivity contribution in [1.82, 2.24) is 20.8 Å². The molecule has 174 valence electrons. The molecule has 0 radical (unpaired) electrons. The normalized spacial score (nSPS) is 15.6. The number of carbonyl (C=O) groups is 2. The van der Waals surface area contributed by atoms with Crippen LogP contribution < -0.4 is 10.6 Å². The van der Waals surface area contributed by atoms with Gasteiger partial charge in [0.15, 0.2) is 0 Å². The first-order chi connectivity index (χ1) is 15.5. The Morgan fingerprint density at radius 3 is 2.59 bits per heavy atom. The van der Waals surface area contributed by atoms with Crippen molar-refractivity contribution in [3.63, 3.8) is 0 Å². The van der Waals surface area contributed by atoms with Crippen LogP contribution in [0.25, 0.3) is 0 Å². The predicted molar refractivity (Wildman–Crippen MR) is 125 cm³/mol. The molecule has 3 rings (SSSR count). The number of ketones is 1. The van der Waals surface area contributed by atoms with Crippen LogP contribution in [0.1, 0.15) is 68.6 Å². The molecule has 1 aliphatic rings. The Balaban J connectivity index is 1.48. The maximum Gasteiger partial charge on any atom is 0.286 e. The SMILES string of the molecule is CC(C)C[C@H](NC(=O)C1CCCCC1)C(=O)c1nnc(SCCNCc2ccccc2)o1. The van der Waals surface area contributed by atoms with Gasteiger partial charge in [-0.3, -0.25) is 9.59 Å². The number of rotatable bonds is 12. The molecule has 1 aliphatic carbocycles. The van der Waals surface area contributed by atoms with Crippen LogP contribution in [0.2, 0.25) is 0 Å². The lowest BCUT2D eigenvalue weighted by Crippen LogP contribution is -2.45. The second-order valence-corrected chi connectivity index (χ2v) is 9.82. The second kappa shape index (κ2) is 12.7. The fourth-order valence-corrected chi connectivity index (χ4v) is 4.57. The average molecular weight is 459 g/mol. The number of hydrogen-bond acceptors (Lipinski definition) is 7. The van der Waals surface area contributed by atoms with Gasteiger partial charge in [-0.15, -0.1) is 10.2 Å². The highest BCUT2D eigenvalue weighted by Gasteiger charge is 2.30. The highest BCUT2D eigenvalue weighted by Crippen LogP contribution is 2.24. The minimum absolute atomic E-state index is 0.00315. The third kappa shape index (κ3) is 7.74. The third-order valence-corrected chi connectivity index (χ3v) is 6.43. The maximum atomic E-state index is 13.0. The van der Waals surface area contributed by atoms with Crippen LogP contribution in [0.5, 0.6) is 0 Å². The van der Waals surface area contributed by atoms with Crippen LogP contribution in [-0.4, -0.2) is 40.2 Å². The summed E-state index contributed by atoms with van der Waals surface area (Å²) in [5.74, 6) is 0.647. The van der Waals surface area contributed by atoms with Crippen molar-refractivity contribution in [3.05, 3.63) is 41.8 Å². The molecular formula is C24H34N4O3S. The van der Waals surface area contributed by atoms with Gasteiger partial charge in [-0.1, -0.05) is 75.2 Å². The first-order valence-corrected chi connectivity index (χ1v) is 12.6. The first kappa shape index (κ1) is 24.5. The molecule has 1 aromatic heterocycles. The number of amides is 1. The molecule has 0 aliphatic heterocycles. The fourth-order valence-electron chi connectivity index (χ4n) is 3.91. The summed E-state index contributed by atoms with van der Waals surface area (Å²) in [4.78, 5) is 25.7. The van der Waals surface area contributed by atoms with Gasteiger partial charge in [0, 0.05) is 24.8 Å². The number of aromatic nitrogens is 2. The van der Waals surface area contributed by atoms with Crippen LogP contribution in [0.4, 0.5) is 0 Å². The van der Waals surface area contributed by atoms with Gasteiger partial charge < -0.3 is 15.1 Å². The van der Waals surface area contributed by atoms with E-state index in [0.29, 0.717) is 11.6 Å². The summed E-state index contributed by atoms with van der Waals surface area (Å²) in [6.07, 6.45) is 5.67. The molecule has 1 aromatic carbocycles. The van der Waals surface area contributed by atoms with E-state index < -0.39 is 6.04 Å². The molecule has 0 spiro atoms. The quantitative estimate of drug-likeness (QED) is 0.279. The van der Waals surface area contributed by atoms with Crippen molar-refractivity contribution in [2.75, 3.05) is 12.3 Å². The minimum atomic E-state index is -0.629. The molecule has 1 fully saturated rings. The summed E-state index contributed by atoms with van der Waals surface area (Å²) in [5.41, 5.74) is 1.23. The molecule has 1 saturated carbocycles. The maximum absolute atomic E-state index is 13.0. The monoisotopic (exact) mass is 458 g/mol. The molecule has 32 heavy (non-hydrogen) atoms. The van der Waals surface area contributed by atoms with Crippen LogP contribution in [0.3, 0.4) is 0 Å². The summed E-state index contributed by atoms with van der Waals surface area (Å²) in [7, 11) is 0. The third-order valence-electron chi connectivity index (χ3n) is 5.61. The topological polar surface area (TPSA) is 97.1 Å². The molecule has 8 heteroatoms. The lowest BCUT2D eigenvalue weighted by molar-refractivity contribution is -0.126. The summed E-state index contributed by atoms with van der Waals surface area (Å²) in [6, 6.07) is 9.57. The van der Waals surface area contributed by atoms with Gasteiger partial charge in [0.2, 0.25) is 11.7 Å². The summed E-state index contributed by atoms with van der Waals surface area (Å²) < 4.78 is 5.61. The first-order valence-electron chi connectivity index (χ1n) is 11.6. The number of Topliss-reactive ketones (excluding diaryl/α,β-unsaturated/α-hetero) is 1. The molecule has 7 nitrogen and oxygen atoms in total. The zero-order valence-electron chi connectivity index (χ0n) is 19.0. The van der Waals surface area contributed by atoms with Crippen LogP contribution in [0, 0.1) is 11.8 Å². The van der Waals surface area contributed by atoms with E-state index in [0.717, 1.165) is 44.5 Å². The number of benzene rings is 1. The molecule has 0 bridgehead atoms. The van der Waals surface area contributed by atoms with E-state index in [4.69, 9.17) is 4.42 Å². The van der Waals surface area contributed by atoms with E-state index >= 15 is 0 Å². The van der Waals surface area contributed by atoms with Crippen molar-refractivity contribution in [2.24, 2.45) is 11.8 Å². The molecule has 1 atom stereocenters. The number of carbonyl (C=O) groups excluding carboxylic acids is 2. The van der Waals surface area contributed by atoms with Gasteiger partial charge in [-0.05, 0) is 30.7 Å². The Labute approximate surface area is 194 Å². The smallest absolute Gasteiger partial charge is 0.286 e. The van der Waals surface area contributed by atoms with Gasteiger partial charge in [-0.2, -0.15) is 0 Å². The Bertz CT molecular complexity index is 850. The van der Waals surface area contributed by atoms with Crippen molar-refractivity contribution in [2.45, 2.75) is 70.2 Å². The number of hydrogen-bond donors (Lipinski definition) is 2. The molecule has 0 saturated heterocycles. The second-order valence-electron chi connectivity index (χ2n) is 8.77. The van der Waals surface area contributed by atoms with Crippen molar-refractivity contribution < 1.29 is 14.0 Å². The van der Waals surface area contributed by atoms with Gasteiger partial charge in [0.05, 0.1) is 6.04 Å². The van der Waals surface area contributed by atoms with E-state index in [1.165, 1.54) is 23.7 Å². The lowest BCUT2D eigenvalue weighted by atomic mass is 9.88. The Morgan fingerprint density at radius 1 is 1.12 bits per heavy atom. The minimum Gasteiger partial charge on any atom is -0.408 e. The molecule has 2 N–H and O–H groups in total. The zero-order chi connectivity index (χ0) is 22.8. The van der Waals surface area contributed by atoms with E-state index in [1.54, 1.807) is 0 Å². The van der Waals surface area contributed by atoms with Crippen molar-refractivity contribution in [1.29, 1.82) is 0 Å². The van der Waals surface area contributed by atoms with Crippen LogP contribution >= 0.6 is 11.8 Å². The van der Waals surface area contributed by atoms with E-state index in [1.807, 2.05) is 32.0 Å². The molecule has 0 unspecified atom stereocenters. The lowest BCUT2D eigenvalue weighted by Gasteiger charge is -2.24. The van der Waals surface area contributed by atoms with E-state index in [2.05, 4.69) is 33.0 Å². The summed E-state index contributed by atoms with van der Waals surface area (Å²) in [5, 5.41) is 14.7. The highest BCUT2D eigenvalue weighted by molar-refractivity contribution is 7.99. The Morgan fingerprint density at radius 2 is 1.88 bits per heavy atom. The average Bonchev–Trinajstić information content (AvgIpc) is 3.28. The number of nitrogens with one attached hydrogen (secondary N) is 2. The van der Waals surface area contributed by atoms with Gasteiger partial charge in [0.1, 0.15) is 0 Å². The number of thioether (sulfide) groups is 1. The van der Waals surface area contributed by atoms with Gasteiger partial charge in [-0.25, -0.2) is 0 Å².